The van der Waals surface area contributed by atoms with Gasteiger partial charge >= 0.3 is 0 Å². The van der Waals surface area contributed by atoms with Crippen LogP contribution in [0.1, 0.15) is 23.6 Å². The number of hydrogen-bond acceptors (Lipinski definition) is 2. The van der Waals surface area contributed by atoms with E-state index in [9.17, 15) is 4.79 Å². The first-order valence-electron chi connectivity index (χ1n) is 8.48. The number of thioether (sulfide) groups is 1. The predicted molar refractivity (Wildman–Crippen MR) is 109 cm³/mol. The van der Waals surface area contributed by atoms with E-state index < -0.39 is 0 Å². The minimum Gasteiger partial charge on any atom is -0.325 e. The molecule has 0 radical (unpaired) electrons. The van der Waals surface area contributed by atoms with E-state index in [0.717, 1.165) is 21.7 Å². The van der Waals surface area contributed by atoms with Crippen molar-refractivity contribution < 1.29 is 4.79 Å². The number of carbonyl (C=O) groups is 1. The minimum absolute atomic E-state index is 0.0354. The van der Waals surface area contributed by atoms with Crippen LogP contribution < -0.4 is 5.32 Å². The van der Waals surface area contributed by atoms with Crippen LogP contribution in [-0.4, -0.2) is 11.2 Å². The van der Waals surface area contributed by atoms with Crippen LogP contribution in [0.2, 0.25) is 0 Å². The van der Waals surface area contributed by atoms with Crippen LogP contribution in [0.4, 0.5) is 5.69 Å². The summed E-state index contributed by atoms with van der Waals surface area (Å²) in [5.41, 5.74) is 4.36. The smallest absolute Gasteiger partial charge is 0.237 e. The minimum atomic E-state index is -0.165. The molecule has 128 valence electrons. The molecule has 0 aliphatic carbocycles. The summed E-state index contributed by atoms with van der Waals surface area (Å²) in [7, 11) is 0. The molecule has 0 unspecified atom stereocenters. The Kier molecular flexibility index (Phi) is 5.14. The fraction of sp³-hybridized carbons (Fsp3) is 0.227. The lowest BCUT2D eigenvalue weighted by Gasteiger charge is -2.16. The van der Waals surface area contributed by atoms with E-state index in [2.05, 4.69) is 54.7 Å². The molecule has 0 aliphatic rings. The first-order chi connectivity index (χ1) is 11.9. The molecule has 25 heavy (non-hydrogen) atoms. The number of nitrogens with one attached hydrogen (secondary N) is 1. The highest BCUT2D eigenvalue weighted by atomic mass is 32.2. The first kappa shape index (κ1) is 17.6. The number of carbonyl (C=O) groups excluding carboxylic acids is 1. The van der Waals surface area contributed by atoms with Crippen LogP contribution in [0, 0.1) is 20.8 Å². The van der Waals surface area contributed by atoms with E-state index in [1.165, 1.54) is 16.3 Å². The van der Waals surface area contributed by atoms with Crippen molar-refractivity contribution in [2.24, 2.45) is 0 Å². The molecule has 0 fully saturated rings. The molecule has 0 spiro atoms. The summed E-state index contributed by atoms with van der Waals surface area (Å²) in [5.74, 6) is 0.0354. The Bertz CT molecular complexity index is 909. The highest BCUT2D eigenvalue weighted by Crippen LogP contribution is 2.29. The van der Waals surface area contributed by atoms with Gasteiger partial charge in [-0.3, -0.25) is 4.79 Å². The molecule has 2 nitrogen and oxygen atoms in total. The van der Waals surface area contributed by atoms with Gasteiger partial charge in [0, 0.05) is 10.6 Å². The van der Waals surface area contributed by atoms with Gasteiger partial charge < -0.3 is 5.32 Å². The lowest BCUT2D eigenvalue weighted by Crippen LogP contribution is -2.23. The second-order valence-corrected chi connectivity index (χ2v) is 7.95. The molecular weight excluding hydrogens is 326 g/mol. The zero-order chi connectivity index (χ0) is 18.0. The van der Waals surface area contributed by atoms with Gasteiger partial charge in [-0.1, -0.05) is 48.0 Å². The van der Waals surface area contributed by atoms with Gasteiger partial charge in [-0.2, -0.15) is 0 Å². The van der Waals surface area contributed by atoms with Crippen LogP contribution >= 0.6 is 11.8 Å². The molecule has 3 aromatic carbocycles. The second-order valence-electron chi connectivity index (χ2n) is 6.53. The topological polar surface area (TPSA) is 29.1 Å². The fourth-order valence-electron chi connectivity index (χ4n) is 3.10. The van der Waals surface area contributed by atoms with Gasteiger partial charge in [-0.25, -0.2) is 0 Å². The number of benzene rings is 3. The molecule has 1 amide bonds. The van der Waals surface area contributed by atoms with Gasteiger partial charge in [0.15, 0.2) is 0 Å². The van der Waals surface area contributed by atoms with E-state index in [1.54, 1.807) is 11.8 Å². The standard InChI is InChI=1S/C22H23NOS/c1-14-11-15(2)21(16(3)12-14)23-22(24)17(4)25-20-10-9-18-7-5-6-8-19(18)13-20/h5-13,17H,1-4H3,(H,23,24)/t17-/m1/s1. The highest BCUT2D eigenvalue weighted by Gasteiger charge is 2.16. The molecule has 1 atom stereocenters. The normalized spacial score (nSPS) is 12.2. The summed E-state index contributed by atoms with van der Waals surface area (Å²) < 4.78 is 0. The van der Waals surface area contributed by atoms with Crippen LogP contribution in [0.3, 0.4) is 0 Å². The second kappa shape index (κ2) is 7.32. The molecule has 0 aliphatic heterocycles. The van der Waals surface area contributed by atoms with Crippen molar-refractivity contribution in [1.29, 1.82) is 0 Å². The van der Waals surface area contributed by atoms with Gasteiger partial charge in [0.2, 0.25) is 5.91 Å². The quantitative estimate of drug-likeness (QED) is 0.596. The summed E-state index contributed by atoms with van der Waals surface area (Å²) in [6, 6.07) is 18.8. The SMILES string of the molecule is Cc1cc(C)c(NC(=O)[C@@H](C)Sc2ccc3ccccc3c2)c(C)c1. The maximum atomic E-state index is 12.6. The third-order valence-corrected chi connectivity index (χ3v) is 5.42. The molecule has 3 heteroatoms. The molecular formula is C22H23NOS. The highest BCUT2D eigenvalue weighted by molar-refractivity contribution is 8.00. The Morgan fingerprint density at radius 2 is 1.56 bits per heavy atom. The Balaban J connectivity index is 1.74. The largest absolute Gasteiger partial charge is 0.325 e. The molecule has 0 saturated heterocycles. The molecule has 0 aromatic heterocycles. The zero-order valence-electron chi connectivity index (χ0n) is 15.1. The predicted octanol–water partition coefficient (Wildman–Crippen LogP) is 5.88. The van der Waals surface area contributed by atoms with Crippen molar-refractivity contribution >= 4 is 34.1 Å². The third-order valence-electron chi connectivity index (χ3n) is 4.33. The summed E-state index contributed by atoms with van der Waals surface area (Å²) in [6.07, 6.45) is 0. The Labute approximate surface area is 153 Å². The van der Waals surface area contributed by atoms with Gasteiger partial charge in [0.1, 0.15) is 0 Å². The van der Waals surface area contributed by atoms with E-state index in [4.69, 9.17) is 0 Å². The van der Waals surface area contributed by atoms with Crippen molar-refractivity contribution in [2.75, 3.05) is 5.32 Å². The number of aryl methyl sites for hydroxylation is 3. The lowest BCUT2D eigenvalue weighted by atomic mass is 10.1. The average Bonchev–Trinajstić information content (AvgIpc) is 2.57. The Morgan fingerprint density at radius 3 is 2.24 bits per heavy atom. The van der Waals surface area contributed by atoms with Gasteiger partial charge in [0.05, 0.1) is 5.25 Å². The molecule has 0 bridgehead atoms. The average molecular weight is 349 g/mol. The number of hydrogen-bond donors (Lipinski definition) is 1. The summed E-state index contributed by atoms with van der Waals surface area (Å²) >= 11 is 1.59. The number of anilines is 1. The Hall–Kier alpha value is -2.26. The van der Waals surface area contributed by atoms with Crippen LogP contribution in [0.25, 0.3) is 10.8 Å². The maximum Gasteiger partial charge on any atom is 0.237 e. The van der Waals surface area contributed by atoms with Crippen molar-refractivity contribution in [3.63, 3.8) is 0 Å². The van der Waals surface area contributed by atoms with E-state index in [0.29, 0.717) is 0 Å². The van der Waals surface area contributed by atoms with Crippen LogP contribution in [0.5, 0.6) is 0 Å². The Morgan fingerprint density at radius 1 is 0.920 bits per heavy atom. The monoisotopic (exact) mass is 349 g/mol. The zero-order valence-corrected chi connectivity index (χ0v) is 15.9. The molecule has 0 saturated carbocycles. The lowest BCUT2D eigenvalue weighted by molar-refractivity contribution is -0.115. The summed E-state index contributed by atoms with van der Waals surface area (Å²) in [4.78, 5) is 13.7. The third kappa shape index (κ3) is 4.05. The first-order valence-corrected chi connectivity index (χ1v) is 9.36. The summed E-state index contributed by atoms with van der Waals surface area (Å²) in [6.45, 7) is 8.10. The van der Waals surface area contributed by atoms with Gasteiger partial charge in [0.25, 0.3) is 0 Å². The van der Waals surface area contributed by atoms with E-state index in [-0.39, 0.29) is 11.2 Å². The van der Waals surface area contributed by atoms with Crippen LogP contribution in [0.15, 0.2) is 59.5 Å². The van der Waals surface area contributed by atoms with Gasteiger partial charge in [-0.05, 0) is 61.7 Å². The molecule has 1 N–H and O–H groups in total. The molecule has 3 rings (SSSR count). The van der Waals surface area contributed by atoms with Crippen molar-refractivity contribution in [3.05, 3.63) is 71.3 Å². The van der Waals surface area contributed by atoms with E-state index >= 15 is 0 Å². The molecule has 0 heterocycles. The number of amides is 1. The maximum absolute atomic E-state index is 12.6. The van der Waals surface area contributed by atoms with Crippen molar-refractivity contribution in [3.8, 4) is 0 Å². The van der Waals surface area contributed by atoms with Gasteiger partial charge in [-0.15, -0.1) is 11.8 Å². The number of rotatable bonds is 4. The van der Waals surface area contributed by atoms with Crippen molar-refractivity contribution in [1.82, 2.24) is 0 Å². The summed E-state index contributed by atoms with van der Waals surface area (Å²) in [5, 5.41) is 5.35. The number of fused-ring (bicyclic) bond motifs is 1. The fourth-order valence-corrected chi connectivity index (χ4v) is 4.02. The molecule has 3 aromatic rings. The van der Waals surface area contributed by atoms with Crippen molar-refractivity contribution in [2.45, 2.75) is 37.8 Å². The van der Waals surface area contributed by atoms with Crippen LogP contribution in [-0.2, 0) is 4.79 Å². The van der Waals surface area contributed by atoms with E-state index in [1.807, 2.05) is 32.9 Å².